The zero-order valence-corrected chi connectivity index (χ0v) is 14.9. The van der Waals surface area contributed by atoms with Crippen LogP contribution in [0.1, 0.15) is 53.1 Å². The number of nitrogens with one attached hydrogen (secondary N) is 1. The van der Waals surface area contributed by atoms with E-state index in [1.807, 2.05) is 19.1 Å². The molecule has 3 N–H and O–H groups in total. The zero-order valence-electron chi connectivity index (χ0n) is 14.1. The molecule has 1 aromatic carbocycles. The minimum atomic E-state index is -0.533. The van der Waals surface area contributed by atoms with E-state index in [2.05, 4.69) is 31.3 Å². The summed E-state index contributed by atoms with van der Waals surface area (Å²) < 4.78 is 0. The average Bonchev–Trinajstić information content (AvgIpc) is 2.96. The number of carbonyl (C=O) groups is 2. The predicted octanol–water partition coefficient (Wildman–Crippen LogP) is 4.18. The van der Waals surface area contributed by atoms with E-state index >= 15 is 0 Å². The third kappa shape index (κ3) is 4.55. The SMILES string of the molecule is CCc1cc(C(N)=O)c(NC(=O)/C=C/c2ccc(C(C)C)cc2)s1. The molecule has 2 rings (SSSR count). The van der Waals surface area contributed by atoms with Gasteiger partial charge in [0.25, 0.3) is 5.91 Å². The molecular formula is C19H22N2O2S. The molecule has 0 aliphatic heterocycles. The highest BCUT2D eigenvalue weighted by molar-refractivity contribution is 7.16. The topological polar surface area (TPSA) is 72.2 Å². The number of rotatable bonds is 6. The van der Waals surface area contributed by atoms with Crippen molar-refractivity contribution in [3.05, 3.63) is 58.0 Å². The van der Waals surface area contributed by atoms with Crippen molar-refractivity contribution in [1.29, 1.82) is 0 Å². The lowest BCUT2D eigenvalue weighted by molar-refractivity contribution is -0.111. The van der Waals surface area contributed by atoms with Gasteiger partial charge in [0.05, 0.1) is 5.56 Å². The highest BCUT2D eigenvalue weighted by Gasteiger charge is 2.14. The smallest absolute Gasteiger partial charge is 0.251 e. The van der Waals surface area contributed by atoms with Gasteiger partial charge in [0.1, 0.15) is 5.00 Å². The van der Waals surface area contributed by atoms with Crippen LogP contribution in [0.5, 0.6) is 0 Å². The van der Waals surface area contributed by atoms with Crippen molar-refractivity contribution in [1.82, 2.24) is 0 Å². The van der Waals surface area contributed by atoms with Crippen molar-refractivity contribution in [2.75, 3.05) is 5.32 Å². The van der Waals surface area contributed by atoms with Crippen molar-refractivity contribution in [2.24, 2.45) is 5.73 Å². The Balaban J connectivity index is 2.07. The van der Waals surface area contributed by atoms with Gasteiger partial charge in [-0.15, -0.1) is 11.3 Å². The molecule has 1 aromatic heterocycles. The maximum Gasteiger partial charge on any atom is 0.251 e. The summed E-state index contributed by atoms with van der Waals surface area (Å²) in [5.41, 5.74) is 7.93. The molecule has 0 saturated heterocycles. The molecule has 2 aromatic rings. The number of hydrogen-bond donors (Lipinski definition) is 2. The van der Waals surface area contributed by atoms with E-state index in [1.165, 1.54) is 23.0 Å². The molecule has 24 heavy (non-hydrogen) atoms. The van der Waals surface area contributed by atoms with Crippen LogP contribution in [0.2, 0.25) is 0 Å². The predicted molar refractivity (Wildman–Crippen MR) is 100 cm³/mol. The Morgan fingerprint density at radius 3 is 2.46 bits per heavy atom. The van der Waals surface area contributed by atoms with Crippen LogP contribution < -0.4 is 11.1 Å². The third-order valence-corrected chi connectivity index (χ3v) is 4.86. The lowest BCUT2D eigenvalue weighted by Crippen LogP contribution is -2.14. The summed E-state index contributed by atoms with van der Waals surface area (Å²) in [6, 6.07) is 9.81. The van der Waals surface area contributed by atoms with E-state index in [0.29, 0.717) is 16.5 Å². The van der Waals surface area contributed by atoms with Gasteiger partial charge in [-0.1, -0.05) is 45.0 Å². The molecule has 4 nitrogen and oxygen atoms in total. The zero-order chi connectivity index (χ0) is 17.7. The molecule has 0 saturated carbocycles. The van der Waals surface area contributed by atoms with Crippen LogP contribution in [0.4, 0.5) is 5.00 Å². The first-order valence-electron chi connectivity index (χ1n) is 7.92. The fourth-order valence-corrected chi connectivity index (χ4v) is 3.21. The molecule has 0 unspecified atom stereocenters. The molecule has 0 fully saturated rings. The summed E-state index contributed by atoms with van der Waals surface area (Å²) >= 11 is 1.38. The minimum absolute atomic E-state index is 0.282. The Labute approximate surface area is 146 Å². The Morgan fingerprint density at radius 1 is 1.25 bits per heavy atom. The summed E-state index contributed by atoms with van der Waals surface area (Å²) in [5, 5.41) is 3.24. The Morgan fingerprint density at radius 2 is 1.92 bits per heavy atom. The van der Waals surface area contributed by atoms with Gasteiger partial charge >= 0.3 is 0 Å². The fraction of sp³-hybridized carbons (Fsp3) is 0.263. The van der Waals surface area contributed by atoms with Crippen LogP contribution in [0.15, 0.2) is 36.4 Å². The number of amides is 2. The van der Waals surface area contributed by atoms with Gasteiger partial charge < -0.3 is 11.1 Å². The van der Waals surface area contributed by atoms with Crippen LogP contribution in [0.3, 0.4) is 0 Å². The Bertz CT molecular complexity index is 758. The molecule has 0 atom stereocenters. The molecule has 0 bridgehead atoms. The van der Waals surface area contributed by atoms with Crippen LogP contribution in [0, 0.1) is 0 Å². The van der Waals surface area contributed by atoms with Crippen molar-refractivity contribution in [3.63, 3.8) is 0 Å². The summed E-state index contributed by atoms with van der Waals surface area (Å²) in [7, 11) is 0. The van der Waals surface area contributed by atoms with Gasteiger partial charge in [-0.25, -0.2) is 0 Å². The van der Waals surface area contributed by atoms with Gasteiger partial charge in [0.2, 0.25) is 5.91 Å². The second-order valence-corrected chi connectivity index (χ2v) is 6.95. The number of anilines is 1. The maximum absolute atomic E-state index is 12.1. The van der Waals surface area contributed by atoms with E-state index in [4.69, 9.17) is 5.73 Å². The van der Waals surface area contributed by atoms with E-state index in [-0.39, 0.29) is 5.91 Å². The molecule has 5 heteroatoms. The van der Waals surface area contributed by atoms with Gasteiger partial charge in [-0.05, 0) is 35.6 Å². The number of benzene rings is 1. The normalized spacial score (nSPS) is 11.2. The number of carbonyl (C=O) groups excluding carboxylic acids is 2. The van der Waals surface area contributed by atoms with Crippen LogP contribution >= 0.6 is 11.3 Å². The molecule has 0 aliphatic rings. The first-order chi connectivity index (χ1) is 11.4. The van der Waals surface area contributed by atoms with E-state index in [1.54, 1.807) is 12.1 Å². The van der Waals surface area contributed by atoms with Crippen LogP contribution in [-0.4, -0.2) is 11.8 Å². The molecule has 0 spiro atoms. The quantitative estimate of drug-likeness (QED) is 0.773. The van der Waals surface area contributed by atoms with Crippen molar-refractivity contribution >= 4 is 34.2 Å². The number of thiophene rings is 1. The molecule has 126 valence electrons. The number of nitrogens with two attached hydrogens (primary N) is 1. The van der Waals surface area contributed by atoms with E-state index in [9.17, 15) is 9.59 Å². The molecular weight excluding hydrogens is 320 g/mol. The highest BCUT2D eigenvalue weighted by atomic mass is 32.1. The summed E-state index contributed by atoms with van der Waals surface area (Å²) in [5.74, 6) is -0.338. The number of aryl methyl sites for hydroxylation is 1. The molecule has 0 radical (unpaired) electrons. The lowest BCUT2D eigenvalue weighted by Gasteiger charge is -2.04. The summed E-state index contributed by atoms with van der Waals surface area (Å²) in [4.78, 5) is 24.6. The largest absolute Gasteiger partial charge is 0.366 e. The van der Waals surface area contributed by atoms with Crippen molar-refractivity contribution in [3.8, 4) is 0 Å². The van der Waals surface area contributed by atoms with Crippen molar-refractivity contribution in [2.45, 2.75) is 33.1 Å². The number of hydrogen-bond acceptors (Lipinski definition) is 3. The Kier molecular flexibility index (Phi) is 5.93. The van der Waals surface area contributed by atoms with Gasteiger partial charge in [-0.3, -0.25) is 9.59 Å². The third-order valence-electron chi connectivity index (χ3n) is 3.66. The molecule has 0 aliphatic carbocycles. The second kappa shape index (κ2) is 7.93. The standard InChI is InChI=1S/C19H22N2O2S/c1-4-15-11-16(18(20)23)19(24-15)21-17(22)10-7-13-5-8-14(9-6-13)12(2)3/h5-12H,4H2,1-3H3,(H2,20,23)(H,21,22)/b10-7+. The van der Waals surface area contributed by atoms with E-state index in [0.717, 1.165) is 16.9 Å². The highest BCUT2D eigenvalue weighted by Crippen LogP contribution is 2.28. The lowest BCUT2D eigenvalue weighted by atomic mass is 10.0. The summed E-state index contributed by atoms with van der Waals surface area (Å²) in [6.45, 7) is 6.27. The second-order valence-electron chi connectivity index (χ2n) is 5.82. The van der Waals surface area contributed by atoms with Crippen LogP contribution in [0.25, 0.3) is 6.08 Å². The van der Waals surface area contributed by atoms with Gasteiger partial charge in [0, 0.05) is 11.0 Å². The molecule has 1 heterocycles. The monoisotopic (exact) mass is 342 g/mol. The fourth-order valence-electron chi connectivity index (χ4n) is 2.21. The summed E-state index contributed by atoms with van der Waals surface area (Å²) in [6.07, 6.45) is 4.00. The van der Waals surface area contributed by atoms with Gasteiger partial charge in [0.15, 0.2) is 0 Å². The average molecular weight is 342 g/mol. The van der Waals surface area contributed by atoms with Crippen molar-refractivity contribution < 1.29 is 9.59 Å². The van der Waals surface area contributed by atoms with Crippen LogP contribution in [-0.2, 0) is 11.2 Å². The first-order valence-corrected chi connectivity index (χ1v) is 8.74. The number of primary amides is 1. The maximum atomic E-state index is 12.1. The minimum Gasteiger partial charge on any atom is -0.366 e. The van der Waals surface area contributed by atoms with Gasteiger partial charge in [-0.2, -0.15) is 0 Å². The Hall–Kier alpha value is -2.40. The first kappa shape index (κ1) is 17.9. The van der Waals surface area contributed by atoms with E-state index < -0.39 is 5.91 Å². The molecule has 2 amide bonds.